The minimum atomic E-state index is -1.62. The second-order valence-corrected chi connectivity index (χ2v) is 4.62. The summed E-state index contributed by atoms with van der Waals surface area (Å²) in [6.45, 7) is 0. The maximum Gasteiger partial charge on any atom is 0.341 e. The molecule has 3 rings (SSSR count). The third-order valence-electron chi connectivity index (χ3n) is 3.38. The Balaban J connectivity index is 2.34. The zero-order valence-electron chi connectivity index (χ0n) is 10.8. The van der Waals surface area contributed by atoms with Gasteiger partial charge in [0.2, 0.25) is 0 Å². The van der Waals surface area contributed by atoms with Gasteiger partial charge in [0.1, 0.15) is 17.2 Å². The monoisotopic (exact) mass is 284 g/mol. The van der Waals surface area contributed by atoms with E-state index in [4.69, 9.17) is 5.11 Å². The van der Waals surface area contributed by atoms with Crippen molar-refractivity contribution < 1.29 is 18.7 Å². The lowest BCUT2D eigenvalue weighted by Gasteiger charge is -2.10. The molecule has 0 saturated heterocycles. The summed E-state index contributed by atoms with van der Waals surface area (Å²) < 4.78 is 27.9. The van der Waals surface area contributed by atoms with Crippen LogP contribution in [0.4, 0.5) is 8.78 Å². The van der Waals surface area contributed by atoms with E-state index in [0.717, 1.165) is 16.8 Å². The predicted molar refractivity (Wildman–Crippen MR) is 76.3 cm³/mol. The molecule has 0 aromatic heterocycles. The molecule has 3 aromatic rings. The Labute approximate surface area is 119 Å². The molecular formula is C17H10F2O2. The van der Waals surface area contributed by atoms with Crippen molar-refractivity contribution in [3.63, 3.8) is 0 Å². The zero-order valence-corrected chi connectivity index (χ0v) is 10.8. The van der Waals surface area contributed by atoms with Gasteiger partial charge in [-0.3, -0.25) is 0 Å². The van der Waals surface area contributed by atoms with E-state index >= 15 is 0 Å². The van der Waals surface area contributed by atoms with Gasteiger partial charge >= 0.3 is 5.97 Å². The number of aromatic carboxylic acids is 1. The van der Waals surface area contributed by atoms with Gasteiger partial charge in [-0.1, -0.05) is 42.5 Å². The van der Waals surface area contributed by atoms with Gasteiger partial charge in [-0.05, 0) is 28.5 Å². The number of rotatable bonds is 2. The summed E-state index contributed by atoms with van der Waals surface area (Å²) in [7, 11) is 0. The molecule has 1 N–H and O–H groups in total. The molecule has 104 valence electrons. The first-order chi connectivity index (χ1) is 10.1. The smallest absolute Gasteiger partial charge is 0.341 e. The lowest BCUT2D eigenvalue weighted by molar-refractivity contribution is 0.0686. The topological polar surface area (TPSA) is 37.3 Å². The Morgan fingerprint density at radius 3 is 2.33 bits per heavy atom. The lowest BCUT2D eigenvalue weighted by atomic mass is 9.96. The van der Waals surface area contributed by atoms with Crippen LogP contribution in [0.2, 0.25) is 0 Å². The molecule has 0 atom stereocenters. The van der Waals surface area contributed by atoms with Gasteiger partial charge in [-0.25, -0.2) is 13.6 Å². The number of hydrogen-bond donors (Lipinski definition) is 1. The van der Waals surface area contributed by atoms with Gasteiger partial charge in [0.15, 0.2) is 0 Å². The Morgan fingerprint density at radius 2 is 1.57 bits per heavy atom. The van der Waals surface area contributed by atoms with Crippen LogP contribution in [0.3, 0.4) is 0 Å². The molecule has 2 nitrogen and oxygen atoms in total. The summed E-state index contributed by atoms with van der Waals surface area (Å²) >= 11 is 0. The first-order valence-corrected chi connectivity index (χ1v) is 6.29. The molecule has 0 saturated carbocycles. The van der Waals surface area contributed by atoms with Gasteiger partial charge in [0.25, 0.3) is 0 Å². The SMILES string of the molecule is O=C(O)c1c(F)ccc(-c2cccc3ccccc23)c1F. The fourth-order valence-electron chi connectivity index (χ4n) is 2.42. The molecule has 21 heavy (non-hydrogen) atoms. The molecule has 0 aliphatic heterocycles. The second kappa shape index (κ2) is 4.98. The quantitative estimate of drug-likeness (QED) is 0.753. The summed E-state index contributed by atoms with van der Waals surface area (Å²) in [5.41, 5.74) is -0.320. The van der Waals surface area contributed by atoms with Gasteiger partial charge < -0.3 is 5.11 Å². The van der Waals surface area contributed by atoms with Crippen molar-refractivity contribution >= 4 is 16.7 Å². The van der Waals surface area contributed by atoms with Crippen LogP contribution in [-0.4, -0.2) is 11.1 Å². The number of fused-ring (bicyclic) bond motifs is 1. The Morgan fingerprint density at radius 1 is 0.857 bits per heavy atom. The fourth-order valence-corrected chi connectivity index (χ4v) is 2.42. The van der Waals surface area contributed by atoms with Crippen molar-refractivity contribution in [3.8, 4) is 11.1 Å². The standard InChI is InChI=1S/C17H10F2O2/c18-14-9-8-13(16(19)15(14)17(20)21)12-7-3-5-10-4-1-2-6-11(10)12/h1-9H,(H,20,21). The van der Waals surface area contributed by atoms with E-state index in [-0.39, 0.29) is 5.56 Å². The lowest BCUT2D eigenvalue weighted by Crippen LogP contribution is -2.06. The number of carbonyl (C=O) groups is 1. The van der Waals surface area contributed by atoms with Crippen molar-refractivity contribution in [3.05, 3.63) is 71.8 Å². The van der Waals surface area contributed by atoms with Crippen LogP contribution >= 0.6 is 0 Å². The summed E-state index contributed by atoms with van der Waals surface area (Å²) in [4.78, 5) is 11.0. The number of hydrogen-bond acceptors (Lipinski definition) is 1. The molecular weight excluding hydrogens is 274 g/mol. The van der Waals surface area contributed by atoms with Crippen LogP contribution in [0.1, 0.15) is 10.4 Å². The minimum absolute atomic E-state index is 0.0746. The highest BCUT2D eigenvalue weighted by molar-refractivity contribution is 5.98. The maximum atomic E-state index is 14.4. The van der Waals surface area contributed by atoms with Gasteiger partial charge in [-0.15, -0.1) is 0 Å². The van der Waals surface area contributed by atoms with Crippen LogP contribution in [0.25, 0.3) is 21.9 Å². The van der Waals surface area contributed by atoms with Crippen LogP contribution in [0.5, 0.6) is 0 Å². The summed E-state index contributed by atoms with van der Waals surface area (Å²) in [6, 6.07) is 14.9. The normalized spacial score (nSPS) is 10.8. The van der Waals surface area contributed by atoms with Crippen molar-refractivity contribution in [2.45, 2.75) is 0 Å². The average Bonchev–Trinajstić information content (AvgIpc) is 2.47. The van der Waals surface area contributed by atoms with Crippen LogP contribution < -0.4 is 0 Å². The first kappa shape index (κ1) is 13.2. The number of carboxylic acid groups (broad SMARTS) is 1. The molecule has 3 aromatic carbocycles. The number of halogens is 2. The van der Waals surface area contributed by atoms with Gasteiger partial charge in [-0.2, -0.15) is 0 Å². The largest absolute Gasteiger partial charge is 0.477 e. The molecule has 0 aliphatic rings. The second-order valence-electron chi connectivity index (χ2n) is 4.62. The van der Waals surface area contributed by atoms with Gasteiger partial charge in [0, 0.05) is 5.56 Å². The van der Waals surface area contributed by atoms with E-state index in [1.54, 1.807) is 12.1 Å². The molecule has 0 radical (unpaired) electrons. The highest BCUT2D eigenvalue weighted by atomic mass is 19.1. The van der Waals surface area contributed by atoms with E-state index < -0.39 is 23.2 Å². The van der Waals surface area contributed by atoms with Gasteiger partial charge in [0.05, 0.1) is 0 Å². The third kappa shape index (κ3) is 2.14. The van der Waals surface area contributed by atoms with Crippen LogP contribution in [0.15, 0.2) is 54.6 Å². The van der Waals surface area contributed by atoms with Crippen LogP contribution in [0, 0.1) is 11.6 Å². The molecule has 0 aliphatic carbocycles. The van der Waals surface area contributed by atoms with Crippen molar-refractivity contribution in [1.82, 2.24) is 0 Å². The Bertz CT molecular complexity index is 851. The molecule has 0 fully saturated rings. The first-order valence-electron chi connectivity index (χ1n) is 6.29. The molecule has 0 amide bonds. The van der Waals surface area contributed by atoms with Crippen molar-refractivity contribution in [2.24, 2.45) is 0 Å². The summed E-state index contributed by atoms with van der Waals surface area (Å²) in [6.07, 6.45) is 0. The molecule has 0 bridgehead atoms. The Kier molecular flexibility index (Phi) is 3.14. The maximum absolute atomic E-state index is 14.4. The zero-order chi connectivity index (χ0) is 15.0. The predicted octanol–water partition coefficient (Wildman–Crippen LogP) is 4.48. The van der Waals surface area contributed by atoms with Crippen LogP contribution in [-0.2, 0) is 0 Å². The average molecular weight is 284 g/mol. The van der Waals surface area contributed by atoms with Crippen molar-refractivity contribution in [2.75, 3.05) is 0 Å². The number of carboxylic acids is 1. The van der Waals surface area contributed by atoms with E-state index in [1.807, 2.05) is 30.3 Å². The molecule has 0 unspecified atom stereocenters. The third-order valence-corrected chi connectivity index (χ3v) is 3.38. The van der Waals surface area contributed by atoms with E-state index in [9.17, 15) is 13.6 Å². The Hall–Kier alpha value is -2.75. The van der Waals surface area contributed by atoms with E-state index in [0.29, 0.717) is 5.56 Å². The van der Waals surface area contributed by atoms with E-state index in [2.05, 4.69) is 0 Å². The van der Waals surface area contributed by atoms with Crippen molar-refractivity contribution in [1.29, 1.82) is 0 Å². The highest BCUT2D eigenvalue weighted by Crippen LogP contribution is 2.32. The molecule has 0 heterocycles. The fraction of sp³-hybridized carbons (Fsp3) is 0. The summed E-state index contributed by atoms with van der Waals surface area (Å²) in [5.74, 6) is -3.75. The number of benzene rings is 3. The summed E-state index contributed by atoms with van der Waals surface area (Å²) in [5, 5.41) is 10.6. The highest BCUT2D eigenvalue weighted by Gasteiger charge is 2.21. The minimum Gasteiger partial charge on any atom is -0.477 e. The van der Waals surface area contributed by atoms with E-state index in [1.165, 1.54) is 6.07 Å². The molecule has 0 spiro atoms. The molecule has 4 heteroatoms.